The SMILES string of the molecule is COc1ccc(Br)cc1NCc1cccc(F)c1. The monoisotopic (exact) mass is 309 g/mol. The molecule has 0 aliphatic rings. The van der Waals surface area contributed by atoms with Gasteiger partial charge in [0.1, 0.15) is 11.6 Å². The van der Waals surface area contributed by atoms with Crippen molar-refractivity contribution in [3.63, 3.8) is 0 Å². The van der Waals surface area contributed by atoms with Crippen molar-refractivity contribution < 1.29 is 9.13 Å². The Hall–Kier alpha value is -1.55. The maximum absolute atomic E-state index is 13.0. The van der Waals surface area contributed by atoms with Gasteiger partial charge in [-0.05, 0) is 35.9 Å². The van der Waals surface area contributed by atoms with Crippen LogP contribution < -0.4 is 10.1 Å². The van der Waals surface area contributed by atoms with E-state index in [1.165, 1.54) is 12.1 Å². The number of benzene rings is 2. The Morgan fingerprint density at radius 3 is 2.78 bits per heavy atom. The molecule has 0 bridgehead atoms. The van der Waals surface area contributed by atoms with E-state index < -0.39 is 0 Å². The molecule has 0 saturated heterocycles. The summed E-state index contributed by atoms with van der Waals surface area (Å²) in [6.07, 6.45) is 0. The largest absolute Gasteiger partial charge is 0.495 e. The highest BCUT2D eigenvalue weighted by Gasteiger charge is 2.03. The van der Waals surface area contributed by atoms with Crippen LogP contribution in [0.25, 0.3) is 0 Å². The Morgan fingerprint density at radius 1 is 1.22 bits per heavy atom. The molecule has 2 rings (SSSR count). The van der Waals surface area contributed by atoms with Crippen molar-refractivity contribution in [2.45, 2.75) is 6.54 Å². The molecule has 0 heterocycles. The first-order chi connectivity index (χ1) is 8.69. The van der Waals surface area contributed by atoms with Gasteiger partial charge in [-0.2, -0.15) is 0 Å². The van der Waals surface area contributed by atoms with Gasteiger partial charge < -0.3 is 10.1 Å². The van der Waals surface area contributed by atoms with Gasteiger partial charge in [-0.25, -0.2) is 4.39 Å². The molecule has 4 heteroatoms. The van der Waals surface area contributed by atoms with Crippen LogP contribution in [-0.4, -0.2) is 7.11 Å². The molecule has 0 saturated carbocycles. The van der Waals surface area contributed by atoms with Crippen molar-refractivity contribution >= 4 is 21.6 Å². The van der Waals surface area contributed by atoms with Crippen molar-refractivity contribution in [1.29, 1.82) is 0 Å². The van der Waals surface area contributed by atoms with Crippen LogP contribution in [0.2, 0.25) is 0 Å². The van der Waals surface area contributed by atoms with Crippen LogP contribution in [0.3, 0.4) is 0 Å². The Morgan fingerprint density at radius 2 is 2.06 bits per heavy atom. The smallest absolute Gasteiger partial charge is 0.142 e. The molecule has 0 aromatic heterocycles. The predicted octanol–water partition coefficient (Wildman–Crippen LogP) is 4.21. The molecule has 94 valence electrons. The number of anilines is 1. The van der Waals surface area contributed by atoms with Crippen LogP contribution in [0.4, 0.5) is 10.1 Å². The quantitative estimate of drug-likeness (QED) is 0.913. The van der Waals surface area contributed by atoms with Gasteiger partial charge in [0.25, 0.3) is 0 Å². The van der Waals surface area contributed by atoms with Crippen LogP contribution in [-0.2, 0) is 6.54 Å². The van der Waals surface area contributed by atoms with Crippen molar-refractivity contribution in [2.24, 2.45) is 0 Å². The Labute approximate surface area is 114 Å². The molecule has 0 atom stereocenters. The number of rotatable bonds is 4. The van der Waals surface area contributed by atoms with E-state index in [0.29, 0.717) is 6.54 Å². The van der Waals surface area contributed by atoms with Gasteiger partial charge in [0, 0.05) is 11.0 Å². The molecule has 1 N–H and O–H groups in total. The molecule has 0 fully saturated rings. The highest BCUT2D eigenvalue weighted by molar-refractivity contribution is 9.10. The van der Waals surface area contributed by atoms with Crippen molar-refractivity contribution in [3.8, 4) is 5.75 Å². The van der Waals surface area contributed by atoms with Gasteiger partial charge in [0.05, 0.1) is 12.8 Å². The number of nitrogens with one attached hydrogen (secondary N) is 1. The first-order valence-corrected chi connectivity index (χ1v) is 6.30. The summed E-state index contributed by atoms with van der Waals surface area (Å²) in [6, 6.07) is 12.2. The summed E-state index contributed by atoms with van der Waals surface area (Å²) in [5.41, 5.74) is 1.76. The maximum Gasteiger partial charge on any atom is 0.142 e. The second-order valence-corrected chi connectivity index (χ2v) is 4.74. The summed E-state index contributed by atoms with van der Waals surface area (Å²) >= 11 is 3.41. The number of ether oxygens (including phenoxy) is 1. The molecule has 0 radical (unpaired) electrons. The Bertz CT molecular complexity index is 545. The minimum Gasteiger partial charge on any atom is -0.495 e. The average molecular weight is 310 g/mol. The Balaban J connectivity index is 2.12. The number of methoxy groups -OCH3 is 1. The highest BCUT2D eigenvalue weighted by Crippen LogP contribution is 2.28. The molecule has 0 aliphatic carbocycles. The van der Waals surface area contributed by atoms with Crippen LogP contribution in [0, 0.1) is 5.82 Å². The fourth-order valence-electron chi connectivity index (χ4n) is 1.66. The molecule has 0 aliphatic heterocycles. The highest BCUT2D eigenvalue weighted by atomic mass is 79.9. The van der Waals surface area contributed by atoms with Crippen molar-refractivity contribution in [2.75, 3.05) is 12.4 Å². The fourth-order valence-corrected chi connectivity index (χ4v) is 2.02. The van der Waals surface area contributed by atoms with E-state index in [0.717, 1.165) is 21.5 Å². The average Bonchev–Trinajstić information content (AvgIpc) is 2.37. The summed E-state index contributed by atoms with van der Waals surface area (Å²) in [7, 11) is 1.62. The summed E-state index contributed by atoms with van der Waals surface area (Å²) < 4.78 is 19.3. The molecule has 0 spiro atoms. The van der Waals surface area contributed by atoms with E-state index in [1.807, 2.05) is 24.3 Å². The maximum atomic E-state index is 13.0. The van der Waals surface area contributed by atoms with E-state index >= 15 is 0 Å². The zero-order chi connectivity index (χ0) is 13.0. The van der Waals surface area contributed by atoms with Gasteiger partial charge >= 0.3 is 0 Å². The van der Waals surface area contributed by atoms with Crippen molar-refractivity contribution in [3.05, 3.63) is 58.3 Å². The van der Waals surface area contributed by atoms with Crippen LogP contribution in [0.5, 0.6) is 5.75 Å². The van der Waals surface area contributed by atoms with E-state index in [9.17, 15) is 4.39 Å². The van der Waals surface area contributed by atoms with Gasteiger partial charge in [-0.1, -0.05) is 28.1 Å². The zero-order valence-electron chi connectivity index (χ0n) is 9.91. The fraction of sp³-hybridized carbons (Fsp3) is 0.143. The third kappa shape index (κ3) is 3.23. The van der Waals surface area contributed by atoms with Gasteiger partial charge in [-0.15, -0.1) is 0 Å². The molecule has 0 amide bonds. The van der Waals surface area contributed by atoms with Gasteiger partial charge in [0.2, 0.25) is 0 Å². The Kier molecular flexibility index (Phi) is 4.20. The standard InChI is InChI=1S/C14H13BrFNO/c1-18-14-6-5-11(15)8-13(14)17-9-10-3-2-4-12(16)7-10/h2-8,17H,9H2,1H3. The third-order valence-corrected chi connectivity index (χ3v) is 3.03. The van der Waals surface area contributed by atoms with Crippen LogP contribution in [0.1, 0.15) is 5.56 Å². The molecule has 0 unspecified atom stereocenters. The molecular weight excluding hydrogens is 297 g/mol. The molecule has 2 aromatic carbocycles. The molecule has 2 aromatic rings. The first kappa shape index (κ1) is 12.9. The molecular formula is C14H13BrFNO. The van der Waals surface area contributed by atoms with Gasteiger partial charge in [-0.3, -0.25) is 0 Å². The lowest BCUT2D eigenvalue weighted by Crippen LogP contribution is -2.01. The summed E-state index contributed by atoms with van der Waals surface area (Å²) in [5.74, 6) is 0.533. The van der Waals surface area contributed by atoms with Crippen molar-refractivity contribution in [1.82, 2.24) is 0 Å². The zero-order valence-corrected chi connectivity index (χ0v) is 11.5. The lowest BCUT2D eigenvalue weighted by atomic mass is 10.2. The predicted molar refractivity (Wildman–Crippen MR) is 74.4 cm³/mol. The second-order valence-electron chi connectivity index (χ2n) is 3.83. The minimum absolute atomic E-state index is 0.226. The summed E-state index contributed by atoms with van der Waals surface area (Å²) in [4.78, 5) is 0. The third-order valence-electron chi connectivity index (χ3n) is 2.53. The van der Waals surface area contributed by atoms with E-state index in [1.54, 1.807) is 13.2 Å². The van der Waals surface area contributed by atoms with Crippen LogP contribution in [0.15, 0.2) is 46.9 Å². The first-order valence-electron chi connectivity index (χ1n) is 5.51. The lowest BCUT2D eigenvalue weighted by molar-refractivity contribution is 0.416. The number of halogens is 2. The van der Waals surface area contributed by atoms with Crippen LogP contribution >= 0.6 is 15.9 Å². The lowest BCUT2D eigenvalue weighted by Gasteiger charge is -2.11. The van der Waals surface area contributed by atoms with E-state index in [4.69, 9.17) is 4.74 Å². The molecule has 18 heavy (non-hydrogen) atoms. The number of hydrogen-bond donors (Lipinski definition) is 1. The van der Waals surface area contributed by atoms with E-state index in [2.05, 4.69) is 21.2 Å². The summed E-state index contributed by atoms with van der Waals surface area (Å²) in [5, 5.41) is 3.23. The molecule has 2 nitrogen and oxygen atoms in total. The summed E-state index contributed by atoms with van der Waals surface area (Å²) in [6.45, 7) is 0.546. The number of hydrogen-bond acceptors (Lipinski definition) is 2. The topological polar surface area (TPSA) is 21.3 Å². The second kappa shape index (κ2) is 5.87. The normalized spacial score (nSPS) is 10.2. The minimum atomic E-state index is -0.226. The van der Waals surface area contributed by atoms with Gasteiger partial charge in [0.15, 0.2) is 0 Å². The van der Waals surface area contributed by atoms with E-state index in [-0.39, 0.29) is 5.82 Å².